The van der Waals surface area contributed by atoms with E-state index in [-0.39, 0.29) is 38.3 Å². The summed E-state index contributed by atoms with van der Waals surface area (Å²) in [6, 6.07) is 41.5. The summed E-state index contributed by atoms with van der Waals surface area (Å²) in [5.74, 6) is 0. The van der Waals surface area contributed by atoms with Crippen LogP contribution in [0.25, 0.3) is 68.5 Å². The van der Waals surface area contributed by atoms with Gasteiger partial charge in [-0.1, -0.05) is 60.7 Å². The summed E-state index contributed by atoms with van der Waals surface area (Å²) in [7, 11) is 0. The molecule has 0 unspecified atom stereocenters. The third kappa shape index (κ3) is 7.90. The van der Waals surface area contributed by atoms with E-state index in [0.717, 1.165) is 62.3 Å². The van der Waals surface area contributed by atoms with Crippen LogP contribution in [0.3, 0.4) is 0 Å². The summed E-state index contributed by atoms with van der Waals surface area (Å²) in [5, 5.41) is 0. The second kappa shape index (κ2) is 15.3. The molecule has 0 fully saturated rings. The molecule has 0 atom stereocenters. The quantitative estimate of drug-likeness (QED) is 0.154. The van der Waals surface area contributed by atoms with Gasteiger partial charge in [-0.3, -0.25) is 9.97 Å². The van der Waals surface area contributed by atoms with Gasteiger partial charge in [0.25, 0.3) is 0 Å². The molecule has 3 aliphatic rings. The van der Waals surface area contributed by atoms with Gasteiger partial charge in [0.1, 0.15) is 0 Å². The number of hydrogen-bond donors (Lipinski definition) is 2. The molecular formula is C41H34CdN6Si. The average molecular weight is 751 g/mol. The summed E-state index contributed by atoms with van der Waals surface area (Å²) >= 11 is 0. The molecule has 2 aliphatic heterocycles. The van der Waals surface area contributed by atoms with Crippen molar-refractivity contribution < 1.29 is 27.3 Å². The van der Waals surface area contributed by atoms with E-state index in [1.165, 1.54) is 22.3 Å². The number of fused-ring (bicyclic) bond motifs is 12. The van der Waals surface area contributed by atoms with Crippen molar-refractivity contribution in [2.45, 2.75) is 6.42 Å². The molecule has 4 aromatic heterocycles. The Bertz CT molecular complexity index is 2200. The van der Waals surface area contributed by atoms with Crippen LogP contribution >= 0.6 is 0 Å². The fraction of sp³-hybridized carbons (Fsp3) is 0.0244. The van der Waals surface area contributed by atoms with Crippen molar-refractivity contribution in [2.24, 2.45) is 0 Å². The Kier molecular flexibility index (Phi) is 10.5. The minimum absolute atomic E-state index is 0. The van der Waals surface area contributed by atoms with Gasteiger partial charge in [-0.15, -0.1) is 0 Å². The van der Waals surface area contributed by atoms with E-state index in [1.807, 2.05) is 72.8 Å². The van der Waals surface area contributed by atoms with Crippen molar-refractivity contribution in [3.63, 3.8) is 0 Å². The smallest absolute Gasteiger partial charge is 0.0886 e. The maximum absolute atomic E-state index is 4.63. The number of para-hydroxylation sites is 2. The molecular weight excluding hydrogens is 717 g/mol. The third-order valence-electron chi connectivity index (χ3n) is 8.12. The standard InChI is InChI=1S/C20H14N4.C13H10.C8H6N2.Cd.H4Si/c1-2-14-10-16-5-6-18(23-16)12-20-8-7-19(24-20)11-17-4-3-15(22-17)9-13(1)21-14;1-3-7-12-10(5-1)9-11-6-2-4-8-13(11)12;1-2-4-8-7(3-1)9-5-6-10-8;;/h1-12,21,24H;1-8H,9H2;1-6H;;1H4. The molecule has 1 aliphatic carbocycles. The maximum atomic E-state index is 4.63. The fourth-order valence-corrected chi connectivity index (χ4v) is 5.93. The van der Waals surface area contributed by atoms with Gasteiger partial charge < -0.3 is 9.97 Å². The molecule has 8 bridgehead atoms. The predicted octanol–water partition coefficient (Wildman–Crippen LogP) is 8.09. The summed E-state index contributed by atoms with van der Waals surface area (Å²) in [5.41, 5.74) is 15.5. The molecule has 0 spiro atoms. The molecule has 234 valence electrons. The molecule has 49 heavy (non-hydrogen) atoms. The number of hydrogen-bond acceptors (Lipinski definition) is 4. The van der Waals surface area contributed by atoms with E-state index in [4.69, 9.17) is 0 Å². The number of aromatic nitrogens is 6. The molecule has 10 rings (SSSR count). The van der Waals surface area contributed by atoms with Gasteiger partial charge in [-0.25, -0.2) is 9.97 Å². The van der Waals surface area contributed by atoms with Gasteiger partial charge in [-0.05, 0) is 125 Å². The Morgan fingerprint density at radius 1 is 0.429 bits per heavy atom. The zero-order valence-corrected chi connectivity index (χ0v) is 30.3. The van der Waals surface area contributed by atoms with Crippen molar-refractivity contribution >= 4 is 68.4 Å². The Hall–Kier alpha value is -5.26. The van der Waals surface area contributed by atoms with E-state index in [1.54, 1.807) is 12.4 Å². The first-order valence-electron chi connectivity index (χ1n) is 15.6. The van der Waals surface area contributed by atoms with Gasteiger partial charge in [0, 0.05) is 61.8 Å². The molecule has 0 amide bonds. The van der Waals surface area contributed by atoms with Gasteiger partial charge in [0.2, 0.25) is 0 Å². The van der Waals surface area contributed by atoms with Crippen molar-refractivity contribution in [1.82, 2.24) is 29.9 Å². The Labute approximate surface area is 309 Å². The molecule has 2 N–H and O–H groups in total. The molecule has 3 aromatic carbocycles. The second-order valence-corrected chi connectivity index (χ2v) is 11.4. The van der Waals surface area contributed by atoms with Crippen LogP contribution < -0.4 is 0 Å². The molecule has 8 heteroatoms. The van der Waals surface area contributed by atoms with Crippen LogP contribution in [-0.2, 0) is 33.7 Å². The summed E-state index contributed by atoms with van der Waals surface area (Å²) in [6.07, 6.45) is 12.6. The van der Waals surface area contributed by atoms with Crippen molar-refractivity contribution in [3.05, 3.63) is 168 Å². The number of rotatable bonds is 0. The van der Waals surface area contributed by atoms with Crippen LogP contribution in [0.2, 0.25) is 0 Å². The molecule has 0 saturated carbocycles. The average Bonchev–Trinajstić information content (AvgIpc) is 3.95. The van der Waals surface area contributed by atoms with E-state index >= 15 is 0 Å². The second-order valence-electron chi connectivity index (χ2n) is 11.4. The minimum atomic E-state index is 0. The van der Waals surface area contributed by atoms with Crippen LogP contribution in [0.5, 0.6) is 0 Å². The molecule has 6 heterocycles. The van der Waals surface area contributed by atoms with Crippen LogP contribution in [0.1, 0.15) is 33.9 Å². The molecule has 0 saturated heterocycles. The largest absolute Gasteiger partial charge is 0.355 e. The predicted molar refractivity (Wildman–Crippen MR) is 204 cm³/mol. The monoisotopic (exact) mass is 752 g/mol. The molecule has 0 radical (unpaired) electrons. The van der Waals surface area contributed by atoms with Gasteiger partial charge in [0.15, 0.2) is 0 Å². The summed E-state index contributed by atoms with van der Waals surface area (Å²) in [6.45, 7) is 0. The minimum Gasteiger partial charge on any atom is -0.355 e. The maximum Gasteiger partial charge on any atom is 0.0886 e. The first-order chi connectivity index (χ1) is 23.2. The van der Waals surface area contributed by atoms with E-state index in [2.05, 4.69) is 103 Å². The van der Waals surface area contributed by atoms with Gasteiger partial charge in [-0.2, -0.15) is 0 Å². The Morgan fingerprint density at radius 3 is 1.16 bits per heavy atom. The van der Waals surface area contributed by atoms with E-state index in [0.29, 0.717) is 0 Å². The summed E-state index contributed by atoms with van der Waals surface area (Å²) in [4.78, 5) is 24.3. The number of aromatic amines is 2. The van der Waals surface area contributed by atoms with Gasteiger partial charge >= 0.3 is 0 Å². The normalized spacial score (nSPS) is 11.5. The molecule has 7 aromatic rings. The topological polar surface area (TPSA) is 83.1 Å². The van der Waals surface area contributed by atoms with Crippen LogP contribution in [0.4, 0.5) is 0 Å². The summed E-state index contributed by atoms with van der Waals surface area (Å²) < 4.78 is 0. The van der Waals surface area contributed by atoms with Crippen LogP contribution in [-0.4, -0.2) is 40.9 Å². The fourth-order valence-electron chi connectivity index (χ4n) is 5.93. The first kappa shape index (κ1) is 33.6. The van der Waals surface area contributed by atoms with E-state index < -0.39 is 0 Å². The number of H-pyrrole nitrogens is 2. The van der Waals surface area contributed by atoms with E-state index in [9.17, 15) is 0 Å². The van der Waals surface area contributed by atoms with Crippen molar-refractivity contribution in [2.75, 3.05) is 0 Å². The Balaban J connectivity index is 0.000000140. The first-order valence-corrected chi connectivity index (χ1v) is 15.6. The number of nitrogens with zero attached hydrogens (tertiary/aromatic N) is 4. The number of nitrogens with one attached hydrogen (secondary N) is 2. The van der Waals surface area contributed by atoms with Crippen molar-refractivity contribution in [3.8, 4) is 11.1 Å². The van der Waals surface area contributed by atoms with Crippen LogP contribution in [0, 0.1) is 0 Å². The van der Waals surface area contributed by atoms with Crippen molar-refractivity contribution in [1.29, 1.82) is 0 Å². The van der Waals surface area contributed by atoms with Gasteiger partial charge in [0.05, 0.1) is 33.8 Å². The SMILES string of the molecule is C1=Cc2cc3ccc(cc4nc(cc5ccc(cc1n2)[nH]5)C=C4)[nH]3.[Cd].[SiH4].c1ccc2c(c1)Cc1ccccc1-2.c1ccc2nccnc2c1. The Morgan fingerprint density at radius 2 is 0.776 bits per heavy atom. The zero-order chi connectivity index (χ0) is 31.4. The molecule has 6 nitrogen and oxygen atoms in total. The third-order valence-corrected chi connectivity index (χ3v) is 8.12. The number of benzene rings is 3. The van der Waals surface area contributed by atoms with Crippen LogP contribution in [0.15, 0.2) is 134 Å². The zero-order valence-electron chi connectivity index (χ0n) is 26.2.